The van der Waals surface area contributed by atoms with E-state index in [9.17, 15) is 0 Å². The van der Waals surface area contributed by atoms with Crippen LogP contribution >= 0.6 is 11.6 Å². The summed E-state index contributed by atoms with van der Waals surface area (Å²) < 4.78 is 5.19. The van der Waals surface area contributed by atoms with Crippen molar-refractivity contribution in [3.05, 3.63) is 52.6 Å². The van der Waals surface area contributed by atoms with Crippen molar-refractivity contribution >= 4 is 11.6 Å². The van der Waals surface area contributed by atoms with Gasteiger partial charge in [0.15, 0.2) is 0 Å². The van der Waals surface area contributed by atoms with Crippen LogP contribution in [0.5, 0.6) is 5.75 Å². The Balaban J connectivity index is 2.04. The zero-order valence-electron chi connectivity index (χ0n) is 10.5. The highest BCUT2D eigenvalue weighted by Gasteiger charge is 2.03. The van der Waals surface area contributed by atoms with Gasteiger partial charge in [-0.3, -0.25) is 0 Å². The van der Waals surface area contributed by atoms with E-state index in [1.165, 1.54) is 5.56 Å². The lowest BCUT2D eigenvalue weighted by Crippen LogP contribution is -1.99. The molecule has 0 atom stereocenters. The summed E-state index contributed by atoms with van der Waals surface area (Å²) in [5.41, 5.74) is 2.11. The van der Waals surface area contributed by atoms with Crippen molar-refractivity contribution in [1.29, 1.82) is 0 Å². The summed E-state index contributed by atoms with van der Waals surface area (Å²) in [6.07, 6.45) is 3.40. The number of rotatable bonds is 4. The van der Waals surface area contributed by atoms with Crippen LogP contribution in [0.1, 0.15) is 17.0 Å². The van der Waals surface area contributed by atoms with E-state index in [4.69, 9.17) is 16.3 Å². The Bertz CT molecular complexity index is 543. The van der Waals surface area contributed by atoms with Gasteiger partial charge in [0, 0.05) is 18.2 Å². The molecule has 0 amide bonds. The van der Waals surface area contributed by atoms with Crippen LogP contribution in [0.15, 0.2) is 30.5 Å². The Hall–Kier alpha value is -1.61. The van der Waals surface area contributed by atoms with Gasteiger partial charge >= 0.3 is 0 Å². The Morgan fingerprint density at radius 1 is 1.28 bits per heavy atom. The molecule has 0 radical (unpaired) electrons. The zero-order chi connectivity index (χ0) is 13.0. The van der Waals surface area contributed by atoms with E-state index >= 15 is 0 Å². The Morgan fingerprint density at radius 3 is 2.83 bits per heavy atom. The molecule has 0 spiro atoms. The molecule has 2 aromatic rings. The average molecular weight is 263 g/mol. The van der Waals surface area contributed by atoms with E-state index in [1.54, 1.807) is 13.3 Å². The third-order valence-corrected chi connectivity index (χ3v) is 3.11. The zero-order valence-corrected chi connectivity index (χ0v) is 11.2. The molecule has 3 nitrogen and oxygen atoms in total. The molecule has 2 rings (SSSR count). The van der Waals surface area contributed by atoms with Gasteiger partial charge < -0.3 is 4.74 Å². The topological polar surface area (TPSA) is 35.0 Å². The first-order valence-corrected chi connectivity index (χ1v) is 6.18. The first-order chi connectivity index (χ1) is 8.69. The van der Waals surface area contributed by atoms with Crippen LogP contribution in [-0.4, -0.2) is 17.1 Å². The van der Waals surface area contributed by atoms with Gasteiger partial charge in [-0.2, -0.15) is 0 Å². The quantitative estimate of drug-likeness (QED) is 0.794. The number of hydrogen-bond acceptors (Lipinski definition) is 3. The second-order valence-electron chi connectivity index (χ2n) is 4.11. The third-order valence-electron chi connectivity index (χ3n) is 2.73. The third kappa shape index (κ3) is 3.20. The standard InChI is InChI=1S/C14H15ClN2O/c1-10-9-16-13(17-14(10)15)7-6-11-4-3-5-12(8-11)18-2/h3-5,8-9H,6-7H2,1-2H3. The maximum Gasteiger partial charge on any atom is 0.135 e. The first-order valence-electron chi connectivity index (χ1n) is 5.80. The number of benzene rings is 1. The monoisotopic (exact) mass is 262 g/mol. The highest BCUT2D eigenvalue weighted by atomic mass is 35.5. The molecule has 4 heteroatoms. The van der Waals surface area contributed by atoms with Crippen LogP contribution in [0.25, 0.3) is 0 Å². The summed E-state index contributed by atoms with van der Waals surface area (Å²) in [5.74, 6) is 1.64. The second-order valence-corrected chi connectivity index (χ2v) is 4.47. The van der Waals surface area contributed by atoms with Crippen molar-refractivity contribution in [2.45, 2.75) is 19.8 Å². The van der Waals surface area contributed by atoms with E-state index in [2.05, 4.69) is 16.0 Å². The molecule has 0 saturated heterocycles. The molecule has 0 bridgehead atoms. The van der Waals surface area contributed by atoms with Crippen LogP contribution in [0.2, 0.25) is 5.15 Å². The summed E-state index contributed by atoms with van der Waals surface area (Å²) in [5, 5.41) is 0.533. The van der Waals surface area contributed by atoms with Crippen molar-refractivity contribution < 1.29 is 4.74 Å². The highest BCUT2D eigenvalue weighted by Crippen LogP contribution is 2.15. The van der Waals surface area contributed by atoms with E-state index in [0.717, 1.165) is 30.0 Å². The summed E-state index contributed by atoms with van der Waals surface area (Å²) in [6, 6.07) is 8.01. The predicted molar refractivity (Wildman–Crippen MR) is 72.2 cm³/mol. The number of hydrogen-bond donors (Lipinski definition) is 0. The number of ether oxygens (including phenoxy) is 1. The average Bonchev–Trinajstić information content (AvgIpc) is 2.40. The van der Waals surface area contributed by atoms with Gasteiger partial charge in [0.1, 0.15) is 16.7 Å². The fraction of sp³-hybridized carbons (Fsp3) is 0.286. The van der Waals surface area contributed by atoms with E-state index in [-0.39, 0.29) is 0 Å². The van der Waals surface area contributed by atoms with Crippen LogP contribution < -0.4 is 4.74 Å². The lowest BCUT2D eigenvalue weighted by atomic mass is 10.1. The Kier molecular flexibility index (Phi) is 4.15. The van der Waals surface area contributed by atoms with Crippen LogP contribution in [-0.2, 0) is 12.8 Å². The minimum atomic E-state index is 0.533. The molecule has 0 saturated carbocycles. The lowest BCUT2D eigenvalue weighted by molar-refractivity contribution is 0.414. The summed E-state index contributed by atoms with van der Waals surface area (Å²) in [6.45, 7) is 1.90. The minimum Gasteiger partial charge on any atom is -0.497 e. The van der Waals surface area contributed by atoms with Gasteiger partial charge in [-0.15, -0.1) is 0 Å². The maximum absolute atomic E-state index is 5.97. The van der Waals surface area contributed by atoms with E-state index in [0.29, 0.717) is 5.15 Å². The van der Waals surface area contributed by atoms with Crippen molar-refractivity contribution in [2.24, 2.45) is 0 Å². The molecule has 0 N–H and O–H groups in total. The largest absolute Gasteiger partial charge is 0.497 e. The minimum absolute atomic E-state index is 0.533. The maximum atomic E-state index is 5.97. The van der Waals surface area contributed by atoms with Gasteiger partial charge in [-0.25, -0.2) is 9.97 Å². The molecule has 0 aliphatic rings. The molecule has 1 heterocycles. The molecular weight excluding hydrogens is 248 g/mol. The van der Waals surface area contributed by atoms with E-state index < -0.39 is 0 Å². The van der Waals surface area contributed by atoms with Crippen molar-refractivity contribution in [1.82, 2.24) is 9.97 Å². The van der Waals surface area contributed by atoms with Gasteiger partial charge in [-0.1, -0.05) is 23.7 Å². The SMILES string of the molecule is COc1cccc(CCc2ncc(C)c(Cl)n2)c1. The number of aryl methyl sites for hydroxylation is 3. The number of halogens is 1. The molecule has 0 aliphatic carbocycles. The Morgan fingerprint density at radius 2 is 2.11 bits per heavy atom. The van der Waals surface area contributed by atoms with Crippen molar-refractivity contribution in [3.8, 4) is 5.75 Å². The fourth-order valence-electron chi connectivity index (χ4n) is 1.66. The molecule has 94 valence electrons. The summed E-state index contributed by atoms with van der Waals surface area (Å²) in [4.78, 5) is 8.52. The van der Waals surface area contributed by atoms with Gasteiger partial charge in [0.25, 0.3) is 0 Å². The molecular formula is C14H15ClN2O. The number of aromatic nitrogens is 2. The van der Waals surface area contributed by atoms with Crippen LogP contribution in [0, 0.1) is 6.92 Å². The van der Waals surface area contributed by atoms with Crippen LogP contribution in [0.3, 0.4) is 0 Å². The second kappa shape index (κ2) is 5.83. The lowest BCUT2D eigenvalue weighted by Gasteiger charge is -2.05. The molecule has 1 aromatic carbocycles. The number of nitrogens with zero attached hydrogens (tertiary/aromatic N) is 2. The molecule has 1 aromatic heterocycles. The molecule has 18 heavy (non-hydrogen) atoms. The van der Waals surface area contributed by atoms with Gasteiger partial charge in [0.2, 0.25) is 0 Å². The fourth-order valence-corrected chi connectivity index (χ4v) is 1.81. The smallest absolute Gasteiger partial charge is 0.135 e. The van der Waals surface area contributed by atoms with Gasteiger partial charge in [0.05, 0.1) is 7.11 Å². The molecule has 0 aliphatic heterocycles. The molecule has 0 unspecified atom stereocenters. The van der Waals surface area contributed by atoms with E-state index in [1.807, 2.05) is 25.1 Å². The van der Waals surface area contributed by atoms with Crippen LogP contribution in [0.4, 0.5) is 0 Å². The van der Waals surface area contributed by atoms with Crippen molar-refractivity contribution in [2.75, 3.05) is 7.11 Å². The van der Waals surface area contributed by atoms with Gasteiger partial charge in [-0.05, 0) is 31.0 Å². The Labute approximate surface area is 112 Å². The van der Waals surface area contributed by atoms with Crippen molar-refractivity contribution in [3.63, 3.8) is 0 Å². The summed E-state index contributed by atoms with van der Waals surface area (Å²) >= 11 is 5.97. The predicted octanol–water partition coefficient (Wildman–Crippen LogP) is 3.23. The summed E-state index contributed by atoms with van der Waals surface area (Å²) in [7, 11) is 1.67. The first kappa shape index (κ1) is 12.8. The molecule has 0 fully saturated rings. The highest BCUT2D eigenvalue weighted by molar-refractivity contribution is 6.30. The number of methoxy groups -OCH3 is 1. The normalized spacial score (nSPS) is 10.4.